The van der Waals surface area contributed by atoms with Crippen molar-refractivity contribution in [2.75, 3.05) is 0 Å². The first kappa shape index (κ1) is 36.0. The number of fused-ring (bicyclic) bond motifs is 12. The van der Waals surface area contributed by atoms with Crippen molar-refractivity contribution in [2.24, 2.45) is 0 Å². The van der Waals surface area contributed by atoms with Gasteiger partial charge in [0, 0.05) is 56.1 Å². The van der Waals surface area contributed by atoms with Crippen LogP contribution in [0.1, 0.15) is 0 Å². The average molecular weight is 849 g/mol. The zero-order valence-electron chi connectivity index (χ0n) is 34.9. The van der Waals surface area contributed by atoms with Crippen LogP contribution in [0.15, 0.2) is 227 Å². The van der Waals surface area contributed by atoms with Crippen molar-refractivity contribution in [3.8, 4) is 11.4 Å². The van der Waals surface area contributed by atoms with Crippen molar-refractivity contribution in [3.63, 3.8) is 0 Å². The zero-order chi connectivity index (χ0) is 42.6. The molecule has 0 saturated heterocycles. The minimum atomic E-state index is -3.25. The lowest BCUT2D eigenvalue weighted by Crippen LogP contribution is -2.75. The highest BCUT2D eigenvalue weighted by molar-refractivity contribution is 7.21. The van der Waals surface area contributed by atoms with Crippen LogP contribution in [0.3, 0.4) is 0 Å². The molecule has 7 heteroatoms. The number of hydrogen-bond donors (Lipinski definition) is 0. The van der Waals surface area contributed by atoms with Gasteiger partial charge in [-0.15, -0.1) is 0 Å². The van der Waals surface area contributed by atoms with Crippen LogP contribution >= 0.6 is 0 Å². The Balaban J connectivity index is 1.04. The maximum Gasteiger partial charge on any atom is 0.188 e. The molecule has 0 bridgehead atoms. The Bertz CT molecular complexity index is 3820. The van der Waals surface area contributed by atoms with E-state index in [1.165, 1.54) is 10.4 Å². The van der Waals surface area contributed by atoms with Gasteiger partial charge < -0.3 is 18.0 Å². The van der Waals surface area contributed by atoms with Gasteiger partial charge in [0.05, 0.1) is 33.1 Å². The minimum Gasteiger partial charge on any atom is -0.456 e. The molecule has 6 heterocycles. The topological polar surface area (TPSA) is 61.9 Å². The number of benzene rings is 8. The van der Waals surface area contributed by atoms with E-state index >= 15 is 0 Å². The van der Waals surface area contributed by atoms with E-state index in [2.05, 4.69) is 203 Å². The lowest BCUT2D eigenvalue weighted by Gasteiger charge is -2.34. The molecule has 0 fully saturated rings. The van der Waals surface area contributed by atoms with Crippen LogP contribution in [0.4, 0.5) is 0 Å². The third-order valence-corrected chi connectivity index (χ3v) is 18.4. The van der Waals surface area contributed by atoms with E-state index in [-0.39, 0.29) is 0 Å². The van der Waals surface area contributed by atoms with Gasteiger partial charge in [-0.1, -0.05) is 133 Å². The molecule has 0 unspecified atom stereocenters. The molecule has 304 valence electrons. The zero-order valence-corrected chi connectivity index (χ0v) is 35.9. The fraction of sp³-hybridized carbons (Fsp3) is 0. The van der Waals surface area contributed by atoms with Gasteiger partial charge in [-0.3, -0.25) is 9.97 Å². The molecule has 0 aliphatic heterocycles. The van der Waals surface area contributed by atoms with Crippen LogP contribution in [-0.2, 0) is 0 Å². The van der Waals surface area contributed by atoms with Crippen molar-refractivity contribution in [1.82, 2.24) is 19.1 Å². The summed E-state index contributed by atoms with van der Waals surface area (Å²) in [6, 6.07) is 74.0. The highest BCUT2D eigenvalue weighted by Crippen LogP contribution is 2.38. The minimum absolute atomic E-state index is 0.842. The second kappa shape index (κ2) is 13.7. The number of pyridine rings is 2. The highest BCUT2D eigenvalue weighted by Gasteiger charge is 2.45. The second-order valence-electron chi connectivity index (χ2n) is 16.9. The maximum atomic E-state index is 7.17. The predicted molar refractivity (Wildman–Crippen MR) is 269 cm³/mol. The molecule has 14 aromatic rings. The summed E-state index contributed by atoms with van der Waals surface area (Å²) < 4.78 is 19.0. The summed E-state index contributed by atoms with van der Waals surface area (Å²) in [6.07, 6.45) is 3.74. The summed E-state index contributed by atoms with van der Waals surface area (Å²) >= 11 is 0. The lowest BCUT2D eigenvalue weighted by atomic mass is 10.1. The molecule has 0 aliphatic rings. The lowest BCUT2D eigenvalue weighted by molar-refractivity contribution is 0.670. The molecule has 0 N–H and O–H groups in total. The van der Waals surface area contributed by atoms with Crippen LogP contribution in [0.5, 0.6) is 0 Å². The van der Waals surface area contributed by atoms with Crippen molar-refractivity contribution in [1.29, 1.82) is 0 Å². The first-order valence-corrected chi connectivity index (χ1v) is 24.0. The van der Waals surface area contributed by atoms with Gasteiger partial charge in [0.1, 0.15) is 22.3 Å². The van der Waals surface area contributed by atoms with E-state index in [1.807, 2.05) is 24.5 Å². The summed E-state index contributed by atoms with van der Waals surface area (Å²) in [6.45, 7) is 0. The van der Waals surface area contributed by atoms with Crippen LogP contribution in [0.2, 0.25) is 0 Å². The fourth-order valence-corrected chi connectivity index (χ4v) is 15.9. The average Bonchev–Trinajstić information content (AvgIpc) is 4.13. The smallest absolute Gasteiger partial charge is 0.188 e. The Labute approximate surface area is 372 Å². The Kier molecular flexibility index (Phi) is 7.61. The SMILES string of the molecule is c1ccc([Si](c2ccccc2)(c2cccc3c2oc2ccc(-n4c5ccccc5c5ncccc54)cc23)c2cccc3c2oc2ccc(-n4c5ccccc5c5ncccc54)cc23)cc1. The molecule has 14 rings (SSSR count). The van der Waals surface area contributed by atoms with Gasteiger partial charge in [0.2, 0.25) is 0 Å². The number of furan rings is 2. The molecule has 6 nitrogen and oxygen atoms in total. The summed E-state index contributed by atoms with van der Waals surface area (Å²) in [7, 11) is -3.25. The van der Waals surface area contributed by atoms with Crippen LogP contribution in [-0.4, -0.2) is 27.2 Å². The third-order valence-electron chi connectivity index (χ3n) is 13.6. The van der Waals surface area contributed by atoms with E-state index < -0.39 is 8.07 Å². The van der Waals surface area contributed by atoms with Gasteiger partial charge in [-0.05, 0) is 93.5 Å². The van der Waals surface area contributed by atoms with E-state index in [4.69, 9.17) is 18.8 Å². The van der Waals surface area contributed by atoms with Gasteiger partial charge in [0.15, 0.2) is 8.07 Å². The molecule has 8 aromatic carbocycles. The standard InChI is InChI=1S/C58H36N4O2Si/c1-3-15-39(16-4-1)65(40-17-5-2-6-18-40,53-27-11-21-41-45-35-37(29-31-51(45)63-57(41)53)61-47-23-9-7-19-43(47)55-49(61)25-13-33-59-55)54-28-12-22-42-46-36-38(30-32-52(46)64-58(42)54)62-48-24-10-8-20-44(48)56-50(62)26-14-34-60-56/h1-36H. The summed E-state index contributed by atoms with van der Waals surface area (Å²) in [4.78, 5) is 9.62. The molecule has 0 radical (unpaired) electrons. The van der Waals surface area contributed by atoms with Gasteiger partial charge in [-0.2, -0.15) is 0 Å². The normalized spacial score (nSPS) is 12.3. The predicted octanol–water partition coefficient (Wildman–Crippen LogP) is 11.8. The maximum absolute atomic E-state index is 7.17. The highest BCUT2D eigenvalue weighted by atomic mass is 28.3. The Hall–Kier alpha value is -8.52. The Morgan fingerprint density at radius 2 is 0.754 bits per heavy atom. The quantitative estimate of drug-likeness (QED) is 0.124. The molecular weight excluding hydrogens is 813 g/mol. The summed E-state index contributed by atoms with van der Waals surface area (Å²) in [5, 5.41) is 11.3. The Morgan fingerprint density at radius 3 is 1.23 bits per heavy atom. The molecule has 0 atom stereocenters. The monoisotopic (exact) mass is 848 g/mol. The van der Waals surface area contributed by atoms with E-state index in [1.54, 1.807) is 0 Å². The number of hydrogen-bond acceptors (Lipinski definition) is 4. The number of rotatable bonds is 6. The van der Waals surface area contributed by atoms with Crippen molar-refractivity contribution >= 4 is 117 Å². The fourth-order valence-electron chi connectivity index (χ4n) is 10.9. The van der Waals surface area contributed by atoms with E-state index in [0.717, 1.165) is 109 Å². The molecule has 0 amide bonds. The van der Waals surface area contributed by atoms with Crippen molar-refractivity contribution < 1.29 is 8.83 Å². The van der Waals surface area contributed by atoms with E-state index in [9.17, 15) is 0 Å². The van der Waals surface area contributed by atoms with Crippen LogP contribution < -0.4 is 20.7 Å². The summed E-state index contributed by atoms with van der Waals surface area (Å²) in [5.74, 6) is 0. The number of para-hydroxylation sites is 4. The van der Waals surface area contributed by atoms with Gasteiger partial charge in [0.25, 0.3) is 0 Å². The van der Waals surface area contributed by atoms with E-state index in [0.29, 0.717) is 0 Å². The second-order valence-corrected chi connectivity index (χ2v) is 20.6. The molecular formula is C58H36N4O2Si. The largest absolute Gasteiger partial charge is 0.456 e. The first-order chi connectivity index (χ1) is 32.3. The number of nitrogens with zero attached hydrogens (tertiary/aromatic N) is 4. The van der Waals surface area contributed by atoms with Crippen molar-refractivity contribution in [3.05, 3.63) is 219 Å². The first-order valence-electron chi connectivity index (χ1n) is 22.0. The molecule has 0 spiro atoms. The Morgan fingerprint density at radius 1 is 0.338 bits per heavy atom. The molecule has 0 aliphatic carbocycles. The third kappa shape index (κ3) is 5.04. The van der Waals surface area contributed by atoms with Crippen LogP contribution in [0, 0.1) is 0 Å². The van der Waals surface area contributed by atoms with Crippen molar-refractivity contribution in [2.45, 2.75) is 0 Å². The summed E-state index contributed by atoms with van der Waals surface area (Å²) in [5.41, 5.74) is 11.9. The van der Waals surface area contributed by atoms with Gasteiger partial charge in [-0.25, -0.2) is 0 Å². The molecule has 65 heavy (non-hydrogen) atoms. The van der Waals surface area contributed by atoms with Crippen LogP contribution in [0.25, 0.3) is 99.1 Å². The molecule has 6 aromatic heterocycles. The van der Waals surface area contributed by atoms with Gasteiger partial charge >= 0.3 is 0 Å². The number of aromatic nitrogens is 4. The molecule has 0 saturated carbocycles.